The van der Waals surface area contributed by atoms with E-state index in [1.165, 1.54) is 0 Å². The van der Waals surface area contributed by atoms with E-state index in [4.69, 9.17) is 10.2 Å². The van der Waals surface area contributed by atoms with Gasteiger partial charge in [-0.2, -0.15) is 0 Å². The second kappa shape index (κ2) is 5.27. The largest absolute Gasteiger partial charge is 0.444 e. The van der Waals surface area contributed by atoms with Crippen LogP contribution in [0.3, 0.4) is 0 Å². The van der Waals surface area contributed by atoms with Gasteiger partial charge < -0.3 is 10.2 Å². The first kappa shape index (κ1) is 11.4. The van der Waals surface area contributed by atoms with Crippen LogP contribution in [0, 0.1) is 0 Å². The molecule has 0 amide bonds. The molecule has 0 unspecified atom stereocenters. The van der Waals surface area contributed by atoms with Crippen LogP contribution in [0.1, 0.15) is 12.1 Å². The topological polar surface area (TPSA) is 52.0 Å². The van der Waals surface area contributed by atoms with Crippen molar-refractivity contribution < 1.29 is 4.42 Å². The fourth-order valence-electron chi connectivity index (χ4n) is 1.46. The molecular formula is C12H13BrN2O. The fraction of sp³-hybridized carbons (Fsp3) is 0.250. The van der Waals surface area contributed by atoms with Crippen LogP contribution in [0.4, 0.5) is 0 Å². The zero-order valence-corrected chi connectivity index (χ0v) is 10.4. The van der Waals surface area contributed by atoms with Crippen LogP contribution in [0.2, 0.25) is 0 Å². The van der Waals surface area contributed by atoms with E-state index in [1.54, 1.807) is 6.26 Å². The standard InChI is InChI=1S/C12H13BrN2O/c13-11-6-2-1-5-10(11)12-15-9(8-16-12)4-3-7-14/h1-2,5-6,8H,3-4,7,14H2. The highest BCUT2D eigenvalue weighted by atomic mass is 79.9. The Balaban J connectivity index is 2.22. The lowest BCUT2D eigenvalue weighted by Crippen LogP contribution is -2.00. The molecule has 0 aliphatic heterocycles. The Kier molecular flexibility index (Phi) is 3.74. The van der Waals surface area contributed by atoms with Gasteiger partial charge in [0.1, 0.15) is 6.26 Å². The van der Waals surface area contributed by atoms with Gasteiger partial charge in [0.05, 0.1) is 11.3 Å². The Morgan fingerprint density at radius 1 is 1.31 bits per heavy atom. The Morgan fingerprint density at radius 3 is 2.88 bits per heavy atom. The number of nitrogens with two attached hydrogens (primary N) is 1. The molecule has 0 aliphatic carbocycles. The lowest BCUT2D eigenvalue weighted by atomic mass is 10.2. The van der Waals surface area contributed by atoms with Crippen molar-refractivity contribution in [2.45, 2.75) is 12.8 Å². The molecule has 1 aromatic carbocycles. The smallest absolute Gasteiger partial charge is 0.227 e. The molecule has 2 N–H and O–H groups in total. The Bertz CT molecular complexity index is 468. The minimum absolute atomic E-state index is 0.652. The van der Waals surface area contributed by atoms with E-state index in [9.17, 15) is 0 Å². The van der Waals surface area contributed by atoms with Crippen LogP contribution in [-0.4, -0.2) is 11.5 Å². The first-order chi connectivity index (χ1) is 7.81. The quantitative estimate of drug-likeness (QED) is 0.937. The summed E-state index contributed by atoms with van der Waals surface area (Å²) in [6, 6.07) is 7.87. The van der Waals surface area contributed by atoms with Crippen LogP contribution in [-0.2, 0) is 6.42 Å². The SMILES string of the molecule is NCCCc1coc(-c2ccccc2Br)n1. The van der Waals surface area contributed by atoms with E-state index in [0.29, 0.717) is 12.4 Å². The normalized spacial score (nSPS) is 10.6. The van der Waals surface area contributed by atoms with Gasteiger partial charge >= 0.3 is 0 Å². The monoisotopic (exact) mass is 280 g/mol. The van der Waals surface area contributed by atoms with E-state index in [2.05, 4.69) is 20.9 Å². The Morgan fingerprint density at radius 2 is 2.12 bits per heavy atom. The predicted molar refractivity (Wildman–Crippen MR) is 67.0 cm³/mol. The van der Waals surface area contributed by atoms with Crippen molar-refractivity contribution in [3.63, 3.8) is 0 Å². The third-order valence-corrected chi connectivity index (χ3v) is 2.98. The maximum absolute atomic E-state index is 5.45. The fourth-order valence-corrected chi connectivity index (χ4v) is 1.92. The number of nitrogens with zero attached hydrogens (tertiary/aromatic N) is 1. The maximum Gasteiger partial charge on any atom is 0.227 e. The number of oxazole rings is 1. The Labute approximate surface area is 103 Å². The molecule has 1 aromatic heterocycles. The van der Waals surface area contributed by atoms with Gasteiger partial charge in [0.15, 0.2) is 0 Å². The zero-order valence-electron chi connectivity index (χ0n) is 8.82. The van der Waals surface area contributed by atoms with E-state index < -0.39 is 0 Å². The highest BCUT2D eigenvalue weighted by Crippen LogP contribution is 2.27. The van der Waals surface area contributed by atoms with Crippen molar-refractivity contribution in [2.75, 3.05) is 6.54 Å². The molecule has 0 spiro atoms. The average molecular weight is 281 g/mol. The number of aromatic nitrogens is 1. The Hall–Kier alpha value is -1.13. The minimum atomic E-state index is 0.652. The van der Waals surface area contributed by atoms with Crippen LogP contribution < -0.4 is 5.73 Å². The van der Waals surface area contributed by atoms with Gasteiger partial charge in [0, 0.05) is 4.47 Å². The van der Waals surface area contributed by atoms with Gasteiger partial charge in [-0.05, 0) is 47.4 Å². The molecule has 0 saturated carbocycles. The molecule has 2 rings (SSSR count). The molecule has 0 aliphatic rings. The van der Waals surface area contributed by atoms with Crippen molar-refractivity contribution in [3.05, 3.63) is 40.7 Å². The highest BCUT2D eigenvalue weighted by molar-refractivity contribution is 9.10. The lowest BCUT2D eigenvalue weighted by Gasteiger charge is -1.97. The van der Waals surface area contributed by atoms with Crippen LogP contribution in [0.25, 0.3) is 11.5 Å². The summed E-state index contributed by atoms with van der Waals surface area (Å²) in [5, 5.41) is 0. The molecule has 0 saturated heterocycles. The van der Waals surface area contributed by atoms with Gasteiger partial charge in [-0.3, -0.25) is 0 Å². The minimum Gasteiger partial charge on any atom is -0.444 e. The van der Waals surface area contributed by atoms with Gasteiger partial charge in [0.2, 0.25) is 5.89 Å². The molecule has 0 atom stereocenters. The number of halogens is 1. The molecule has 84 valence electrons. The summed E-state index contributed by atoms with van der Waals surface area (Å²) in [5.41, 5.74) is 7.38. The number of hydrogen-bond acceptors (Lipinski definition) is 3. The van der Waals surface area contributed by atoms with Gasteiger partial charge in [0.25, 0.3) is 0 Å². The van der Waals surface area contributed by atoms with Crippen molar-refractivity contribution >= 4 is 15.9 Å². The summed E-state index contributed by atoms with van der Waals surface area (Å²) in [7, 11) is 0. The third-order valence-electron chi connectivity index (χ3n) is 2.29. The lowest BCUT2D eigenvalue weighted by molar-refractivity contribution is 0.571. The van der Waals surface area contributed by atoms with E-state index >= 15 is 0 Å². The van der Waals surface area contributed by atoms with Gasteiger partial charge in [-0.15, -0.1) is 0 Å². The first-order valence-electron chi connectivity index (χ1n) is 5.20. The maximum atomic E-state index is 5.45. The summed E-state index contributed by atoms with van der Waals surface area (Å²) in [6.07, 6.45) is 3.50. The van der Waals surface area contributed by atoms with E-state index in [-0.39, 0.29) is 0 Å². The average Bonchev–Trinajstić information content (AvgIpc) is 2.75. The second-order valence-corrected chi connectivity index (χ2v) is 4.37. The van der Waals surface area contributed by atoms with Crippen molar-refractivity contribution in [2.24, 2.45) is 5.73 Å². The molecule has 2 aromatic rings. The van der Waals surface area contributed by atoms with Gasteiger partial charge in [-0.1, -0.05) is 12.1 Å². The molecule has 0 fully saturated rings. The van der Waals surface area contributed by atoms with Crippen LogP contribution in [0.15, 0.2) is 39.4 Å². The number of aryl methyl sites for hydroxylation is 1. The second-order valence-electron chi connectivity index (χ2n) is 3.52. The molecule has 0 radical (unpaired) electrons. The summed E-state index contributed by atoms with van der Waals surface area (Å²) < 4.78 is 6.43. The zero-order chi connectivity index (χ0) is 11.4. The molecular weight excluding hydrogens is 268 g/mol. The molecule has 0 bridgehead atoms. The summed E-state index contributed by atoms with van der Waals surface area (Å²) in [6.45, 7) is 0.678. The molecule has 16 heavy (non-hydrogen) atoms. The van der Waals surface area contributed by atoms with E-state index in [0.717, 1.165) is 28.6 Å². The molecule has 1 heterocycles. The van der Waals surface area contributed by atoms with Crippen LogP contribution in [0.5, 0.6) is 0 Å². The number of hydrogen-bond donors (Lipinski definition) is 1. The van der Waals surface area contributed by atoms with Gasteiger partial charge in [-0.25, -0.2) is 4.98 Å². The molecule has 3 nitrogen and oxygen atoms in total. The van der Waals surface area contributed by atoms with E-state index in [1.807, 2.05) is 24.3 Å². The van der Waals surface area contributed by atoms with Crippen molar-refractivity contribution in [1.29, 1.82) is 0 Å². The van der Waals surface area contributed by atoms with Crippen LogP contribution >= 0.6 is 15.9 Å². The number of benzene rings is 1. The van der Waals surface area contributed by atoms with Crippen molar-refractivity contribution in [1.82, 2.24) is 4.98 Å². The predicted octanol–water partition coefficient (Wildman–Crippen LogP) is 3.00. The highest BCUT2D eigenvalue weighted by Gasteiger charge is 2.08. The first-order valence-corrected chi connectivity index (χ1v) is 6.00. The molecule has 4 heteroatoms. The summed E-state index contributed by atoms with van der Waals surface area (Å²) in [4.78, 5) is 4.43. The summed E-state index contributed by atoms with van der Waals surface area (Å²) in [5.74, 6) is 0.652. The van der Waals surface area contributed by atoms with Crippen molar-refractivity contribution in [3.8, 4) is 11.5 Å². The number of rotatable bonds is 4. The third kappa shape index (κ3) is 2.51. The summed E-state index contributed by atoms with van der Waals surface area (Å²) >= 11 is 3.47.